The fourth-order valence-corrected chi connectivity index (χ4v) is 1.57. The van der Waals surface area contributed by atoms with Gasteiger partial charge in [0.25, 0.3) is 0 Å². The molecule has 0 aliphatic rings. The highest BCUT2D eigenvalue weighted by molar-refractivity contribution is 5.79. The average Bonchev–Trinajstić information content (AvgIpc) is 2.70. The zero-order valence-corrected chi connectivity index (χ0v) is 10.8. The van der Waals surface area contributed by atoms with Gasteiger partial charge < -0.3 is 5.32 Å². The second-order valence-electron chi connectivity index (χ2n) is 3.86. The molecule has 1 aromatic heterocycles. The van der Waals surface area contributed by atoms with Crippen molar-refractivity contribution in [2.24, 2.45) is 17.9 Å². The van der Waals surface area contributed by atoms with Crippen LogP contribution in [0, 0.1) is 0 Å². The van der Waals surface area contributed by atoms with Gasteiger partial charge in [-0.25, -0.2) is 10.8 Å². The number of nitrogens with two attached hydrogens (primary N) is 1. The molecule has 6 heteroatoms. The second kappa shape index (κ2) is 6.90. The van der Waals surface area contributed by atoms with Crippen molar-refractivity contribution in [3.8, 4) is 0 Å². The molecule has 6 nitrogen and oxygen atoms in total. The molecule has 1 aromatic rings. The van der Waals surface area contributed by atoms with Gasteiger partial charge in [0, 0.05) is 25.4 Å². The summed E-state index contributed by atoms with van der Waals surface area (Å²) in [5, 5.41) is 7.49. The van der Waals surface area contributed by atoms with Gasteiger partial charge in [-0.2, -0.15) is 5.10 Å². The second-order valence-corrected chi connectivity index (χ2v) is 3.86. The zero-order valence-electron chi connectivity index (χ0n) is 10.8. The summed E-state index contributed by atoms with van der Waals surface area (Å²) in [5.74, 6) is 6.01. The summed E-state index contributed by atoms with van der Waals surface area (Å²) < 4.78 is 1.82. The summed E-state index contributed by atoms with van der Waals surface area (Å²) in [6.45, 7) is 5.63. The number of nitrogens with zero attached hydrogens (tertiary/aromatic N) is 3. The van der Waals surface area contributed by atoms with E-state index in [0.29, 0.717) is 12.5 Å². The zero-order chi connectivity index (χ0) is 12.7. The molecule has 1 heterocycles. The molecule has 0 radical (unpaired) electrons. The van der Waals surface area contributed by atoms with Gasteiger partial charge >= 0.3 is 0 Å². The van der Waals surface area contributed by atoms with E-state index in [1.165, 1.54) is 0 Å². The minimum absolute atomic E-state index is 0.591. The van der Waals surface area contributed by atoms with E-state index in [2.05, 4.69) is 34.7 Å². The quantitative estimate of drug-likeness (QED) is 0.298. The Labute approximate surface area is 102 Å². The molecule has 0 aliphatic carbocycles. The summed E-state index contributed by atoms with van der Waals surface area (Å²) in [5.41, 5.74) is 4.79. The lowest BCUT2D eigenvalue weighted by Gasteiger charge is -2.07. The number of aliphatic imine (C=N–C) groups is 1. The Morgan fingerprint density at radius 1 is 1.53 bits per heavy atom. The predicted octanol–water partition coefficient (Wildman–Crippen LogP) is 0.301. The number of guanidine groups is 1. The Morgan fingerprint density at radius 3 is 2.88 bits per heavy atom. The standard InChI is InChI=1S/C11H22N6/c1-4-6-13-11(15-12)14-7-9-8-17(3)16-10(9)5-2/h8H,4-7,12H2,1-3H3,(H2,13,14,15). The average molecular weight is 238 g/mol. The number of aromatic nitrogens is 2. The fourth-order valence-electron chi connectivity index (χ4n) is 1.57. The van der Waals surface area contributed by atoms with Crippen LogP contribution in [0.5, 0.6) is 0 Å². The van der Waals surface area contributed by atoms with E-state index < -0.39 is 0 Å². The molecule has 0 unspecified atom stereocenters. The van der Waals surface area contributed by atoms with E-state index in [9.17, 15) is 0 Å². The first-order chi connectivity index (χ1) is 8.21. The molecule has 96 valence electrons. The van der Waals surface area contributed by atoms with Crippen molar-refractivity contribution in [2.75, 3.05) is 6.54 Å². The largest absolute Gasteiger partial charge is 0.355 e. The Kier molecular flexibility index (Phi) is 5.48. The Hall–Kier alpha value is -1.56. The summed E-state index contributed by atoms with van der Waals surface area (Å²) in [7, 11) is 1.92. The Bertz CT molecular complexity index is 368. The third-order valence-corrected chi connectivity index (χ3v) is 2.41. The molecule has 0 atom stereocenters. The molecule has 0 aliphatic heterocycles. The number of hydrazine groups is 1. The molecule has 1 rings (SSSR count). The SMILES string of the molecule is CCCNC(=NCc1cn(C)nc1CC)NN. The van der Waals surface area contributed by atoms with E-state index in [-0.39, 0.29) is 0 Å². The van der Waals surface area contributed by atoms with Gasteiger partial charge in [-0.15, -0.1) is 0 Å². The maximum atomic E-state index is 5.39. The summed E-state index contributed by atoms with van der Waals surface area (Å²) in [4.78, 5) is 4.39. The summed E-state index contributed by atoms with van der Waals surface area (Å²) in [6, 6.07) is 0. The number of nitrogens with one attached hydrogen (secondary N) is 2. The monoisotopic (exact) mass is 238 g/mol. The molecule has 0 aromatic carbocycles. The highest BCUT2D eigenvalue weighted by atomic mass is 15.3. The first kappa shape index (κ1) is 13.5. The van der Waals surface area contributed by atoms with Crippen LogP contribution in [-0.4, -0.2) is 22.3 Å². The van der Waals surface area contributed by atoms with Crippen molar-refractivity contribution in [1.82, 2.24) is 20.5 Å². The van der Waals surface area contributed by atoms with Crippen LogP contribution >= 0.6 is 0 Å². The third kappa shape index (κ3) is 4.07. The van der Waals surface area contributed by atoms with E-state index in [1.54, 1.807) is 0 Å². The van der Waals surface area contributed by atoms with Crippen LogP contribution in [0.1, 0.15) is 31.5 Å². The van der Waals surface area contributed by atoms with Crippen LogP contribution in [0.25, 0.3) is 0 Å². The fraction of sp³-hybridized carbons (Fsp3) is 0.636. The van der Waals surface area contributed by atoms with E-state index in [1.807, 2.05) is 17.9 Å². The molecular weight excluding hydrogens is 216 g/mol. The molecule has 0 bridgehead atoms. The normalized spacial score (nSPS) is 11.6. The van der Waals surface area contributed by atoms with E-state index >= 15 is 0 Å². The van der Waals surface area contributed by atoms with Crippen LogP contribution in [-0.2, 0) is 20.0 Å². The first-order valence-electron chi connectivity index (χ1n) is 5.97. The topological polar surface area (TPSA) is 80.3 Å². The maximum Gasteiger partial charge on any atom is 0.206 e. The number of hydrogen-bond acceptors (Lipinski definition) is 3. The highest BCUT2D eigenvalue weighted by Gasteiger charge is 2.05. The van der Waals surface area contributed by atoms with Crippen LogP contribution in [0.4, 0.5) is 0 Å². The molecule has 0 amide bonds. The van der Waals surface area contributed by atoms with Crippen LogP contribution in [0.15, 0.2) is 11.2 Å². The van der Waals surface area contributed by atoms with Crippen LogP contribution in [0.3, 0.4) is 0 Å². The van der Waals surface area contributed by atoms with Crippen LogP contribution in [0.2, 0.25) is 0 Å². The minimum atomic E-state index is 0.591. The van der Waals surface area contributed by atoms with Crippen molar-refractivity contribution in [3.63, 3.8) is 0 Å². The lowest BCUT2D eigenvalue weighted by molar-refractivity contribution is 0.746. The van der Waals surface area contributed by atoms with Crippen LogP contribution < -0.4 is 16.6 Å². The molecule has 4 N–H and O–H groups in total. The lowest BCUT2D eigenvalue weighted by Crippen LogP contribution is -2.41. The van der Waals surface area contributed by atoms with Gasteiger partial charge in [0.1, 0.15) is 0 Å². The maximum absolute atomic E-state index is 5.39. The molecule has 0 spiro atoms. The molecule has 0 saturated heterocycles. The number of rotatable bonds is 5. The van der Waals surface area contributed by atoms with Gasteiger partial charge in [-0.1, -0.05) is 13.8 Å². The lowest BCUT2D eigenvalue weighted by atomic mass is 10.2. The van der Waals surface area contributed by atoms with E-state index in [4.69, 9.17) is 5.84 Å². The van der Waals surface area contributed by atoms with Gasteiger partial charge in [-0.3, -0.25) is 10.1 Å². The van der Waals surface area contributed by atoms with Gasteiger partial charge in [0.2, 0.25) is 5.96 Å². The molecule has 17 heavy (non-hydrogen) atoms. The van der Waals surface area contributed by atoms with Crippen molar-refractivity contribution in [1.29, 1.82) is 0 Å². The number of hydrogen-bond donors (Lipinski definition) is 3. The van der Waals surface area contributed by atoms with Gasteiger partial charge in [-0.05, 0) is 12.8 Å². The van der Waals surface area contributed by atoms with Crippen molar-refractivity contribution in [2.45, 2.75) is 33.2 Å². The highest BCUT2D eigenvalue weighted by Crippen LogP contribution is 2.08. The third-order valence-electron chi connectivity index (χ3n) is 2.41. The minimum Gasteiger partial charge on any atom is -0.355 e. The predicted molar refractivity (Wildman–Crippen MR) is 69.3 cm³/mol. The number of aryl methyl sites for hydroxylation is 2. The van der Waals surface area contributed by atoms with Crippen molar-refractivity contribution >= 4 is 5.96 Å². The molecule has 0 fully saturated rings. The Morgan fingerprint density at radius 2 is 2.29 bits per heavy atom. The van der Waals surface area contributed by atoms with Gasteiger partial charge in [0.15, 0.2) is 0 Å². The molecular formula is C11H22N6. The van der Waals surface area contributed by atoms with E-state index in [0.717, 1.165) is 30.6 Å². The van der Waals surface area contributed by atoms with Gasteiger partial charge in [0.05, 0.1) is 12.2 Å². The summed E-state index contributed by atoms with van der Waals surface area (Å²) >= 11 is 0. The smallest absolute Gasteiger partial charge is 0.206 e. The Balaban J connectivity index is 2.65. The molecule has 0 saturated carbocycles. The summed E-state index contributed by atoms with van der Waals surface area (Å²) in [6.07, 6.45) is 3.95. The first-order valence-corrected chi connectivity index (χ1v) is 5.97. The van der Waals surface area contributed by atoms with Crippen molar-refractivity contribution < 1.29 is 0 Å². The van der Waals surface area contributed by atoms with Crippen molar-refractivity contribution in [3.05, 3.63) is 17.5 Å².